The summed E-state index contributed by atoms with van der Waals surface area (Å²) in [7, 11) is 0. The standard InChI is InChI=1S/C14H21N3/c1-3-17-10-8-14(9-11-17)16-15-13-6-4-12(2)5-7-13/h4-7,15H,3,8-11H2,1-2H3. The number of hydrogen-bond acceptors (Lipinski definition) is 3. The van der Waals surface area contributed by atoms with Gasteiger partial charge in [0.05, 0.1) is 5.69 Å². The van der Waals surface area contributed by atoms with E-state index in [0.717, 1.165) is 38.2 Å². The zero-order valence-corrected chi connectivity index (χ0v) is 10.7. The van der Waals surface area contributed by atoms with Gasteiger partial charge in [0.15, 0.2) is 0 Å². The Morgan fingerprint density at radius 1 is 1.18 bits per heavy atom. The molecule has 0 bridgehead atoms. The molecular formula is C14H21N3. The summed E-state index contributed by atoms with van der Waals surface area (Å²) < 4.78 is 0. The number of hydrazone groups is 1. The highest BCUT2D eigenvalue weighted by Crippen LogP contribution is 2.11. The Morgan fingerprint density at radius 3 is 2.41 bits per heavy atom. The number of benzene rings is 1. The minimum atomic E-state index is 1.07. The van der Waals surface area contributed by atoms with Gasteiger partial charge in [-0.05, 0) is 25.6 Å². The molecule has 3 nitrogen and oxygen atoms in total. The van der Waals surface area contributed by atoms with Crippen molar-refractivity contribution >= 4 is 11.4 Å². The SMILES string of the molecule is CCN1CCC(=NNc2ccc(C)cc2)CC1. The average molecular weight is 231 g/mol. The fourth-order valence-electron chi connectivity index (χ4n) is 2.01. The molecule has 1 aromatic rings. The molecule has 0 saturated carbocycles. The Kier molecular flexibility index (Phi) is 4.15. The van der Waals surface area contributed by atoms with Gasteiger partial charge in [-0.1, -0.05) is 24.6 Å². The monoisotopic (exact) mass is 231 g/mol. The topological polar surface area (TPSA) is 27.6 Å². The molecule has 0 atom stereocenters. The molecule has 1 aliphatic heterocycles. The van der Waals surface area contributed by atoms with E-state index in [-0.39, 0.29) is 0 Å². The summed E-state index contributed by atoms with van der Waals surface area (Å²) in [5.41, 5.74) is 6.78. The third-order valence-electron chi connectivity index (χ3n) is 3.28. The van der Waals surface area contributed by atoms with Crippen LogP contribution in [0.1, 0.15) is 25.3 Å². The van der Waals surface area contributed by atoms with Crippen LogP contribution in [-0.4, -0.2) is 30.2 Å². The van der Waals surface area contributed by atoms with Gasteiger partial charge in [0.25, 0.3) is 0 Å². The van der Waals surface area contributed by atoms with Crippen molar-refractivity contribution in [1.29, 1.82) is 0 Å². The third-order valence-corrected chi connectivity index (χ3v) is 3.28. The first-order valence-electron chi connectivity index (χ1n) is 6.38. The van der Waals surface area contributed by atoms with Crippen LogP contribution in [0.4, 0.5) is 5.69 Å². The van der Waals surface area contributed by atoms with Crippen LogP contribution in [0.3, 0.4) is 0 Å². The Balaban J connectivity index is 1.87. The van der Waals surface area contributed by atoms with Gasteiger partial charge in [-0.15, -0.1) is 0 Å². The molecule has 3 heteroatoms. The van der Waals surface area contributed by atoms with Gasteiger partial charge in [-0.25, -0.2) is 0 Å². The van der Waals surface area contributed by atoms with Crippen molar-refractivity contribution < 1.29 is 0 Å². The first-order chi connectivity index (χ1) is 8.28. The van der Waals surface area contributed by atoms with Crippen LogP contribution in [-0.2, 0) is 0 Å². The first-order valence-corrected chi connectivity index (χ1v) is 6.38. The second kappa shape index (κ2) is 5.82. The molecule has 0 unspecified atom stereocenters. The van der Waals surface area contributed by atoms with E-state index in [9.17, 15) is 0 Å². The fraction of sp³-hybridized carbons (Fsp3) is 0.500. The number of nitrogens with one attached hydrogen (secondary N) is 1. The summed E-state index contributed by atoms with van der Waals surface area (Å²) in [6, 6.07) is 8.34. The highest BCUT2D eigenvalue weighted by Gasteiger charge is 2.12. The Labute approximate surface area is 104 Å². The summed E-state index contributed by atoms with van der Waals surface area (Å²) in [6.07, 6.45) is 2.18. The van der Waals surface area contributed by atoms with E-state index in [0.29, 0.717) is 0 Å². The minimum absolute atomic E-state index is 1.07. The smallest absolute Gasteiger partial charge is 0.0561 e. The lowest BCUT2D eigenvalue weighted by atomic mass is 10.1. The van der Waals surface area contributed by atoms with E-state index < -0.39 is 0 Å². The molecule has 0 aliphatic carbocycles. The quantitative estimate of drug-likeness (QED) is 0.810. The van der Waals surface area contributed by atoms with Crippen molar-refractivity contribution in [1.82, 2.24) is 4.90 Å². The molecule has 1 fully saturated rings. The molecule has 1 heterocycles. The second-order valence-electron chi connectivity index (χ2n) is 4.59. The second-order valence-corrected chi connectivity index (χ2v) is 4.59. The first kappa shape index (κ1) is 12.1. The average Bonchev–Trinajstić information content (AvgIpc) is 2.39. The van der Waals surface area contributed by atoms with Crippen molar-refractivity contribution in [2.75, 3.05) is 25.1 Å². The zero-order chi connectivity index (χ0) is 12.1. The molecular weight excluding hydrogens is 210 g/mol. The highest BCUT2D eigenvalue weighted by molar-refractivity contribution is 5.86. The Bertz CT molecular complexity index is 371. The number of rotatable bonds is 3. The molecule has 0 radical (unpaired) electrons. The van der Waals surface area contributed by atoms with E-state index in [1.165, 1.54) is 11.3 Å². The number of likely N-dealkylation sites (tertiary alicyclic amines) is 1. The molecule has 1 aromatic carbocycles. The number of hydrogen-bond donors (Lipinski definition) is 1. The largest absolute Gasteiger partial charge is 0.303 e. The van der Waals surface area contributed by atoms with Crippen LogP contribution in [0.5, 0.6) is 0 Å². The summed E-state index contributed by atoms with van der Waals surface area (Å²) in [6.45, 7) is 7.75. The Hall–Kier alpha value is -1.35. The summed E-state index contributed by atoms with van der Waals surface area (Å²) in [4.78, 5) is 2.46. The number of nitrogens with zero attached hydrogens (tertiary/aromatic N) is 2. The zero-order valence-electron chi connectivity index (χ0n) is 10.7. The van der Waals surface area contributed by atoms with E-state index in [2.05, 4.69) is 53.5 Å². The van der Waals surface area contributed by atoms with Crippen LogP contribution in [0.25, 0.3) is 0 Å². The van der Waals surface area contributed by atoms with Gasteiger partial charge in [0.2, 0.25) is 0 Å². The van der Waals surface area contributed by atoms with Gasteiger partial charge in [-0.2, -0.15) is 5.10 Å². The molecule has 2 rings (SSSR count). The van der Waals surface area contributed by atoms with Crippen LogP contribution >= 0.6 is 0 Å². The molecule has 1 saturated heterocycles. The van der Waals surface area contributed by atoms with Crippen LogP contribution < -0.4 is 5.43 Å². The molecule has 1 N–H and O–H groups in total. The fourth-order valence-corrected chi connectivity index (χ4v) is 2.01. The van der Waals surface area contributed by atoms with Crippen molar-refractivity contribution in [2.45, 2.75) is 26.7 Å². The maximum atomic E-state index is 4.49. The molecule has 0 aromatic heterocycles. The van der Waals surface area contributed by atoms with Gasteiger partial charge >= 0.3 is 0 Å². The predicted molar refractivity (Wildman–Crippen MR) is 73.6 cm³/mol. The van der Waals surface area contributed by atoms with E-state index >= 15 is 0 Å². The lowest BCUT2D eigenvalue weighted by Crippen LogP contribution is -2.33. The van der Waals surface area contributed by atoms with Crippen LogP contribution in [0, 0.1) is 6.92 Å². The van der Waals surface area contributed by atoms with Gasteiger partial charge in [0, 0.05) is 31.6 Å². The van der Waals surface area contributed by atoms with Crippen molar-refractivity contribution in [2.24, 2.45) is 5.10 Å². The molecule has 1 aliphatic rings. The van der Waals surface area contributed by atoms with Crippen molar-refractivity contribution in [3.8, 4) is 0 Å². The summed E-state index contributed by atoms with van der Waals surface area (Å²) in [5, 5.41) is 4.49. The summed E-state index contributed by atoms with van der Waals surface area (Å²) >= 11 is 0. The van der Waals surface area contributed by atoms with Crippen LogP contribution in [0.2, 0.25) is 0 Å². The predicted octanol–water partition coefficient (Wildman–Crippen LogP) is 2.88. The third kappa shape index (κ3) is 3.56. The molecule has 0 spiro atoms. The maximum absolute atomic E-state index is 4.49. The number of aryl methyl sites for hydroxylation is 1. The minimum Gasteiger partial charge on any atom is -0.303 e. The molecule has 17 heavy (non-hydrogen) atoms. The van der Waals surface area contributed by atoms with Crippen molar-refractivity contribution in [3.05, 3.63) is 29.8 Å². The molecule has 92 valence electrons. The van der Waals surface area contributed by atoms with E-state index in [1.807, 2.05) is 0 Å². The van der Waals surface area contributed by atoms with Gasteiger partial charge in [-0.3, -0.25) is 5.43 Å². The van der Waals surface area contributed by atoms with Crippen LogP contribution in [0.15, 0.2) is 29.4 Å². The van der Waals surface area contributed by atoms with Crippen molar-refractivity contribution in [3.63, 3.8) is 0 Å². The van der Waals surface area contributed by atoms with Gasteiger partial charge < -0.3 is 4.90 Å². The van der Waals surface area contributed by atoms with E-state index in [4.69, 9.17) is 0 Å². The van der Waals surface area contributed by atoms with E-state index in [1.54, 1.807) is 0 Å². The number of anilines is 1. The van der Waals surface area contributed by atoms with Gasteiger partial charge in [0.1, 0.15) is 0 Å². The summed E-state index contributed by atoms with van der Waals surface area (Å²) in [5.74, 6) is 0. The number of piperidine rings is 1. The lowest BCUT2D eigenvalue weighted by Gasteiger charge is -2.25. The normalized spacial score (nSPS) is 16.9. The highest BCUT2D eigenvalue weighted by atomic mass is 15.3. The lowest BCUT2D eigenvalue weighted by molar-refractivity contribution is 0.289. The molecule has 0 amide bonds. The maximum Gasteiger partial charge on any atom is 0.0561 e. The Morgan fingerprint density at radius 2 is 1.82 bits per heavy atom.